The highest BCUT2D eigenvalue weighted by Crippen LogP contribution is 2.34. The number of rotatable bonds is 12. The van der Waals surface area contributed by atoms with Gasteiger partial charge in [0.2, 0.25) is 5.91 Å². The Labute approximate surface area is 179 Å². The monoisotopic (exact) mass is 421 g/mol. The first-order valence-electron chi connectivity index (χ1n) is 10.5. The zero-order valence-electron chi connectivity index (χ0n) is 18.9. The van der Waals surface area contributed by atoms with Crippen LogP contribution in [-0.2, 0) is 19.1 Å². The number of benzene rings is 1. The van der Waals surface area contributed by atoms with Gasteiger partial charge in [-0.05, 0) is 30.0 Å². The van der Waals surface area contributed by atoms with E-state index in [0.29, 0.717) is 17.9 Å². The van der Waals surface area contributed by atoms with Crippen molar-refractivity contribution in [3.63, 3.8) is 0 Å². The average Bonchev–Trinajstić information content (AvgIpc) is 2.64. The Kier molecular flexibility index (Phi) is 10.9. The van der Waals surface area contributed by atoms with Crippen molar-refractivity contribution in [1.82, 2.24) is 5.32 Å². The van der Waals surface area contributed by atoms with Crippen LogP contribution in [0.15, 0.2) is 18.2 Å². The Morgan fingerprint density at radius 2 is 1.67 bits per heavy atom. The Bertz CT molecular complexity index is 716. The smallest absolute Gasteiger partial charge is 0.308 e. The highest BCUT2D eigenvalue weighted by molar-refractivity contribution is 5.74. The summed E-state index contributed by atoms with van der Waals surface area (Å²) in [5.41, 5.74) is 0.653. The van der Waals surface area contributed by atoms with Crippen LogP contribution in [0.4, 0.5) is 0 Å². The third kappa shape index (κ3) is 8.84. The molecule has 1 aromatic carbocycles. The first kappa shape index (κ1) is 25.5. The molecule has 0 spiro atoms. The number of carbonyl (C=O) groups excluding carboxylic acids is 3. The van der Waals surface area contributed by atoms with E-state index in [0.717, 1.165) is 25.7 Å². The third-order valence-electron chi connectivity index (χ3n) is 4.48. The van der Waals surface area contributed by atoms with Crippen LogP contribution in [0.1, 0.15) is 78.8 Å². The molecule has 0 radical (unpaired) electrons. The van der Waals surface area contributed by atoms with Gasteiger partial charge in [0.1, 0.15) is 6.10 Å². The SMILES string of the molecule is CCCCCCOc1ccc(C(NC(C)=O)C(OC(C)=O)C(C)C)cc1OC(C)=O. The molecule has 7 nitrogen and oxygen atoms in total. The maximum Gasteiger partial charge on any atom is 0.308 e. The molecular weight excluding hydrogens is 386 g/mol. The summed E-state index contributed by atoms with van der Waals surface area (Å²) in [5, 5.41) is 2.85. The summed E-state index contributed by atoms with van der Waals surface area (Å²) in [6, 6.07) is 4.56. The summed E-state index contributed by atoms with van der Waals surface area (Å²) >= 11 is 0. The molecule has 7 heteroatoms. The highest BCUT2D eigenvalue weighted by Gasteiger charge is 2.30. The Morgan fingerprint density at radius 1 is 0.967 bits per heavy atom. The molecule has 168 valence electrons. The van der Waals surface area contributed by atoms with Gasteiger partial charge in [0, 0.05) is 20.8 Å². The van der Waals surface area contributed by atoms with E-state index in [2.05, 4.69) is 12.2 Å². The standard InChI is InChI=1S/C23H35NO6/c1-7-8-9-10-13-28-20-12-11-19(14-21(20)29-17(5)26)22(24-16(4)25)23(15(2)3)30-18(6)27/h11-12,14-15,22-23H,7-10,13H2,1-6H3,(H,24,25). The second-order valence-electron chi connectivity index (χ2n) is 7.71. The minimum Gasteiger partial charge on any atom is -0.490 e. The van der Waals surface area contributed by atoms with Gasteiger partial charge in [-0.2, -0.15) is 0 Å². The van der Waals surface area contributed by atoms with Gasteiger partial charge in [0.25, 0.3) is 0 Å². The lowest BCUT2D eigenvalue weighted by Gasteiger charge is -2.30. The number of ether oxygens (including phenoxy) is 3. The third-order valence-corrected chi connectivity index (χ3v) is 4.48. The van der Waals surface area contributed by atoms with Crippen LogP contribution in [0.5, 0.6) is 11.5 Å². The largest absolute Gasteiger partial charge is 0.490 e. The van der Waals surface area contributed by atoms with Gasteiger partial charge >= 0.3 is 11.9 Å². The fourth-order valence-corrected chi connectivity index (χ4v) is 3.14. The van der Waals surface area contributed by atoms with Crippen LogP contribution < -0.4 is 14.8 Å². The van der Waals surface area contributed by atoms with Crippen molar-refractivity contribution in [2.45, 2.75) is 79.4 Å². The summed E-state index contributed by atoms with van der Waals surface area (Å²) in [6.45, 7) is 10.5. The van der Waals surface area contributed by atoms with E-state index < -0.39 is 24.1 Å². The highest BCUT2D eigenvalue weighted by atomic mass is 16.6. The Hall–Kier alpha value is -2.57. The van der Waals surface area contributed by atoms with Crippen molar-refractivity contribution in [2.75, 3.05) is 6.61 Å². The molecule has 0 heterocycles. The summed E-state index contributed by atoms with van der Waals surface area (Å²) < 4.78 is 16.7. The minimum absolute atomic E-state index is 0.0579. The van der Waals surface area contributed by atoms with Crippen molar-refractivity contribution >= 4 is 17.8 Å². The molecule has 0 saturated heterocycles. The molecule has 0 bridgehead atoms. The van der Waals surface area contributed by atoms with E-state index >= 15 is 0 Å². The van der Waals surface area contributed by atoms with Gasteiger partial charge in [-0.15, -0.1) is 0 Å². The van der Waals surface area contributed by atoms with Gasteiger partial charge in [0.15, 0.2) is 11.5 Å². The molecule has 30 heavy (non-hydrogen) atoms. The van der Waals surface area contributed by atoms with E-state index in [1.807, 2.05) is 13.8 Å². The number of esters is 2. The zero-order valence-corrected chi connectivity index (χ0v) is 18.9. The zero-order chi connectivity index (χ0) is 22.7. The van der Waals surface area contributed by atoms with E-state index in [1.54, 1.807) is 18.2 Å². The molecule has 0 aliphatic heterocycles. The summed E-state index contributed by atoms with van der Waals surface area (Å²) in [4.78, 5) is 35.1. The number of amides is 1. The molecule has 0 aliphatic rings. The van der Waals surface area contributed by atoms with Crippen LogP contribution in [0.2, 0.25) is 0 Å². The average molecular weight is 422 g/mol. The second kappa shape index (κ2) is 12.9. The molecule has 1 rings (SSSR count). The van der Waals surface area contributed by atoms with E-state index in [1.165, 1.54) is 20.8 Å². The fraction of sp³-hybridized carbons (Fsp3) is 0.609. The lowest BCUT2D eigenvalue weighted by Crippen LogP contribution is -2.40. The van der Waals surface area contributed by atoms with E-state index in [4.69, 9.17) is 14.2 Å². The molecule has 0 aliphatic carbocycles. The molecule has 0 saturated carbocycles. The van der Waals surface area contributed by atoms with Crippen LogP contribution in [0.25, 0.3) is 0 Å². The molecule has 1 aromatic rings. The van der Waals surface area contributed by atoms with Crippen LogP contribution in [-0.4, -0.2) is 30.6 Å². The van der Waals surface area contributed by atoms with Gasteiger partial charge in [-0.1, -0.05) is 46.1 Å². The van der Waals surface area contributed by atoms with Crippen molar-refractivity contribution < 1.29 is 28.6 Å². The number of carbonyl (C=O) groups is 3. The maximum absolute atomic E-state index is 11.8. The first-order valence-corrected chi connectivity index (χ1v) is 10.5. The lowest BCUT2D eigenvalue weighted by atomic mass is 9.93. The molecule has 1 N–H and O–H groups in total. The first-order chi connectivity index (χ1) is 14.1. The Balaban J connectivity index is 3.21. The normalized spacial score (nSPS) is 12.8. The van der Waals surface area contributed by atoms with Gasteiger partial charge in [0.05, 0.1) is 12.6 Å². The molecule has 2 atom stereocenters. The summed E-state index contributed by atoms with van der Waals surface area (Å²) in [6.07, 6.45) is 3.67. The van der Waals surface area contributed by atoms with Crippen molar-refractivity contribution in [1.29, 1.82) is 0 Å². The van der Waals surface area contributed by atoms with E-state index in [-0.39, 0.29) is 17.6 Å². The van der Waals surface area contributed by atoms with Crippen LogP contribution in [0, 0.1) is 5.92 Å². The van der Waals surface area contributed by atoms with Crippen LogP contribution >= 0.6 is 0 Å². The predicted molar refractivity (Wildman–Crippen MR) is 114 cm³/mol. The number of hydrogen-bond acceptors (Lipinski definition) is 6. The molecular formula is C23H35NO6. The maximum atomic E-state index is 11.8. The van der Waals surface area contributed by atoms with Crippen molar-refractivity contribution in [2.24, 2.45) is 5.92 Å². The molecule has 0 fully saturated rings. The molecule has 0 aromatic heterocycles. The van der Waals surface area contributed by atoms with Gasteiger partial charge in [-0.3, -0.25) is 14.4 Å². The van der Waals surface area contributed by atoms with Gasteiger partial charge < -0.3 is 19.5 Å². The van der Waals surface area contributed by atoms with Crippen molar-refractivity contribution in [3.05, 3.63) is 23.8 Å². The van der Waals surface area contributed by atoms with Crippen molar-refractivity contribution in [3.8, 4) is 11.5 Å². The summed E-state index contributed by atoms with van der Waals surface area (Å²) in [5.74, 6) is -0.493. The van der Waals surface area contributed by atoms with E-state index in [9.17, 15) is 14.4 Å². The number of hydrogen-bond donors (Lipinski definition) is 1. The number of unbranched alkanes of at least 4 members (excludes halogenated alkanes) is 3. The fourth-order valence-electron chi connectivity index (χ4n) is 3.14. The molecule has 2 unspecified atom stereocenters. The minimum atomic E-state index is -0.598. The van der Waals surface area contributed by atoms with Gasteiger partial charge in [-0.25, -0.2) is 0 Å². The quantitative estimate of drug-likeness (QED) is 0.307. The molecule has 1 amide bonds. The number of nitrogens with one attached hydrogen (secondary N) is 1. The topological polar surface area (TPSA) is 90.9 Å². The summed E-state index contributed by atoms with van der Waals surface area (Å²) in [7, 11) is 0. The van der Waals surface area contributed by atoms with Crippen LogP contribution in [0.3, 0.4) is 0 Å². The lowest BCUT2D eigenvalue weighted by molar-refractivity contribution is -0.151. The predicted octanol–water partition coefficient (Wildman–Crippen LogP) is 4.34. The second-order valence-corrected chi connectivity index (χ2v) is 7.71. The Morgan fingerprint density at radius 3 is 2.20 bits per heavy atom.